The van der Waals surface area contributed by atoms with E-state index in [0.717, 1.165) is 24.0 Å². The Morgan fingerprint density at radius 1 is 0.947 bits per heavy atom. The van der Waals surface area contributed by atoms with Gasteiger partial charge in [0.1, 0.15) is 6.10 Å². The monoisotopic (exact) mass is 520 g/mol. The minimum absolute atomic E-state index is 0.0533. The first-order valence-corrected chi connectivity index (χ1v) is 13.1. The van der Waals surface area contributed by atoms with Crippen LogP contribution in [0.3, 0.4) is 0 Å². The maximum Gasteiger partial charge on any atom is 0.306 e. The van der Waals surface area contributed by atoms with E-state index in [9.17, 15) is 19.5 Å². The highest BCUT2D eigenvalue weighted by Crippen LogP contribution is 2.19. The zero-order valence-electron chi connectivity index (χ0n) is 22.0. The van der Waals surface area contributed by atoms with Crippen LogP contribution in [0.1, 0.15) is 55.8 Å². The molecule has 0 fully saturated rings. The lowest BCUT2D eigenvalue weighted by Crippen LogP contribution is -2.42. The first-order valence-electron chi connectivity index (χ1n) is 13.1. The Morgan fingerprint density at radius 3 is 2.26 bits per heavy atom. The molecule has 0 aliphatic carbocycles. The van der Waals surface area contributed by atoms with Crippen LogP contribution in [0.4, 0.5) is 0 Å². The van der Waals surface area contributed by atoms with E-state index in [2.05, 4.69) is 23.8 Å². The molecule has 2 aromatic rings. The number of hydrogen-bond acceptors (Lipinski definition) is 5. The SMILES string of the molecule is C=CCCCCC(=O)O[C@@H](CNC(=O)[C@@H](CC=C)CC(=O)N[C@@H](CO)Cc1ccccc1)c1ccccc1. The Morgan fingerprint density at radius 2 is 1.63 bits per heavy atom. The molecule has 2 amide bonds. The highest BCUT2D eigenvalue weighted by Gasteiger charge is 2.24. The van der Waals surface area contributed by atoms with Crippen LogP contribution in [0.25, 0.3) is 0 Å². The molecule has 3 atom stereocenters. The molecule has 3 N–H and O–H groups in total. The normalized spacial score (nSPS) is 13.0. The smallest absolute Gasteiger partial charge is 0.306 e. The highest BCUT2D eigenvalue weighted by atomic mass is 16.5. The number of aliphatic hydroxyl groups is 1. The Hall–Kier alpha value is -3.71. The fourth-order valence-electron chi connectivity index (χ4n) is 4.06. The Balaban J connectivity index is 1.95. The molecule has 0 aliphatic rings. The van der Waals surface area contributed by atoms with Crippen molar-refractivity contribution in [3.8, 4) is 0 Å². The number of ether oxygens (including phenoxy) is 1. The largest absolute Gasteiger partial charge is 0.456 e. The van der Waals surface area contributed by atoms with Gasteiger partial charge in [-0.3, -0.25) is 14.4 Å². The van der Waals surface area contributed by atoms with E-state index in [1.54, 1.807) is 6.08 Å². The number of nitrogens with one attached hydrogen (secondary N) is 2. The summed E-state index contributed by atoms with van der Waals surface area (Å²) in [5.74, 6) is -1.62. The summed E-state index contributed by atoms with van der Waals surface area (Å²) in [6.45, 7) is 7.28. The molecule has 0 heterocycles. The molecule has 0 saturated carbocycles. The maximum atomic E-state index is 13.0. The van der Waals surface area contributed by atoms with Gasteiger partial charge < -0.3 is 20.5 Å². The van der Waals surface area contributed by atoms with Crippen molar-refractivity contribution < 1.29 is 24.2 Å². The van der Waals surface area contributed by atoms with Crippen LogP contribution in [-0.4, -0.2) is 42.1 Å². The van der Waals surface area contributed by atoms with Crippen molar-refractivity contribution in [3.05, 3.63) is 97.1 Å². The number of rotatable bonds is 18. The van der Waals surface area contributed by atoms with Crippen molar-refractivity contribution in [2.45, 2.75) is 57.1 Å². The predicted octanol–water partition coefficient (Wildman–Crippen LogP) is 4.44. The number of esters is 1. The average molecular weight is 521 g/mol. The lowest BCUT2D eigenvalue weighted by Gasteiger charge is -2.22. The van der Waals surface area contributed by atoms with Gasteiger partial charge in [0.2, 0.25) is 11.8 Å². The summed E-state index contributed by atoms with van der Waals surface area (Å²) in [5, 5.41) is 15.4. The van der Waals surface area contributed by atoms with E-state index in [1.807, 2.05) is 66.7 Å². The van der Waals surface area contributed by atoms with Gasteiger partial charge in [-0.05, 0) is 43.2 Å². The predicted molar refractivity (Wildman–Crippen MR) is 149 cm³/mol. The third kappa shape index (κ3) is 11.6. The number of carbonyl (C=O) groups is 3. The van der Waals surface area contributed by atoms with Gasteiger partial charge in [-0.15, -0.1) is 13.2 Å². The van der Waals surface area contributed by atoms with Crippen LogP contribution in [-0.2, 0) is 25.5 Å². The second-order valence-corrected chi connectivity index (χ2v) is 9.23. The molecule has 204 valence electrons. The second kappa shape index (κ2) is 17.7. The summed E-state index contributed by atoms with van der Waals surface area (Å²) in [6, 6.07) is 18.4. The Bertz CT molecular complexity index is 1010. The van der Waals surface area contributed by atoms with E-state index >= 15 is 0 Å². The topological polar surface area (TPSA) is 105 Å². The standard InChI is InChI=1S/C31H40N2O5/c1-3-5-6-13-19-30(36)38-28(25-17-11-8-12-18-25)22-32-31(37)26(14-4-2)21-29(35)33-27(23-34)20-24-15-9-7-10-16-24/h3-4,7-12,15-18,26-28,34H,1-2,5-6,13-14,19-23H2,(H,32,37)(H,33,35)/t26-,27+,28-/m0/s1. The van der Waals surface area contributed by atoms with Crippen LogP contribution in [0.2, 0.25) is 0 Å². The zero-order chi connectivity index (χ0) is 27.6. The molecule has 0 spiro atoms. The highest BCUT2D eigenvalue weighted by molar-refractivity contribution is 5.86. The van der Waals surface area contributed by atoms with Crippen molar-refractivity contribution in [3.63, 3.8) is 0 Å². The van der Waals surface area contributed by atoms with Gasteiger partial charge in [0.05, 0.1) is 25.1 Å². The summed E-state index contributed by atoms with van der Waals surface area (Å²) in [5.41, 5.74) is 1.77. The van der Waals surface area contributed by atoms with E-state index in [4.69, 9.17) is 4.74 Å². The number of hydrogen-bond donors (Lipinski definition) is 3. The van der Waals surface area contributed by atoms with Crippen LogP contribution < -0.4 is 10.6 Å². The third-order valence-electron chi connectivity index (χ3n) is 6.11. The molecular formula is C31H40N2O5. The number of aliphatic hydroxyl groups excluding tert-OH is 1. The van der Waals surface area contributed by atoms with Crippen molar-refractivity contribution in [1.82, 2.24) is 10.6 Å². The summed E-state index contributed by atoms with van der Waals surface area (Å²) in [6.07, 6.45) is 6.21. The quantitative estimate of drug-likeness (QED) is 0.153. The Kier molecular flexibility index (Phi) is 14.2. The number of amides is 2. The van der Waals surface area contributed by atoms with Gasteiger partial charge in [0, 0.05) is 12.8 Å². The molecule has 0 bridgehead atoms. The Labute approximate surface area is 226 Å². The van der Waals surface area contributed by atoms with Crippen LogP contribution in [0.5, 0.6) is 0 Å². The van der Waals surface area contributed by atoms with Gasteiger partial charge in [0.15, 0.2) is 0 Å². The van der Waals surface area contributed by atoms with Crippen molar-refractivity contribution in [1.29, 1.82) is 0 Å². The summed E-state index contributed by atoms with van der Waals surface area (Å²) in [4.78, 5) is 38.2. The summed E-state index contributed by atoms with van der Waals surface area (Å²) in [7, 11) is 0. The van der Waals surface area contributed by atoms with Crippen LogP contribution in [0.15, 0.2) is 86.0 Å². The second-order valence-electron chi connectivity index (χ2n) is 9.23. The maximum absolute atomic E-state index is 13.0. The van der Waals surface area contributed by atoms with Crippen molar-refractivity contribution in [2.75, 3.05) is 13.2 Å². The molecule has 7 heteroatoms. The van der Waals surface area contributed by atoms with Gasteiger partial charge in [-0.25, -0.2) is 0 Å². The molecule has 2 rings (SSSR count). The average Bonchev–Trinajstić information content (AvgIpc) is 2.93. The van der Waals surface area contributed by atoms with Crippen molar-refractivity contribution in [2.24, 2.45) is 5.92 Å². The van der Waals surface area contributed by atoms with E-state index < -0.39 is 18.1 Å². The fourth-order valence-corrected chi connectivity index (χ4v) is 4.06. The summed E-state index contributed by atoms with van der Waals surface area (Å²) >= 11 is 0. The minimum Gasteiger partial charge on any atom is -0.456 e. The fraction of sp³-hybridized carbons (Fsp3) is 0.387. The number of benzene rings is 2. The molecule has 38 heavy (non-hydrogen) atoms. The zero-order valence-corrected chi connectivity index (χ0v) is 22.0. The van der Waals surface area contributed by atoms with Crippen LogP contribution in [0, 0.1) is 5.92 Å². The lowest BCUT2D eigenvalue weighted by molar-refractivity contribution is -0.150. The molecule has 0 radical (unpaired) electrons. The third-order valence-corrected chi connectivity index (χ3v) is 6.11. The van der Waals surface area contributed by atoms with E-state index in [-0.39, 0.29) is 37.4 Å². The van der Waals surface area contributed by atoms with Gasteiger partial charge in [0.25, 0.3) is 0 Å². The van der Waals surface area contributed by atoms with Gasteiger partial charge in [-0.1, -0.05) is 72.8 Å². The van der Waals surface area contributed by atoms with E-state index in [1.165, 1.54) is 0 Å². The first kappa shape index (κ1) is 30.5. The van der Waals surface area contributed by atoms with Gasteiger partial charge in [-0.2, -0.15) is 0 Å². The van der Waals surface area contributed by atoms with Crippen LogP contribution >= 0.6 is 0 Å². The molecular weight excluding hydrogens is 480 g/mol. The first-order chi connectivity index (χ1) is 18.5. The molecule has 7 nitrogen and oxygen atoms in total. The summed E-state index contributed by atoms with van der Waals surface area (Å²) < 4.78 is 5.71. The molecule has 0 saturated heterocycles. The molecule has 0 aliphatic heterocycles. The molecule has 0 aromatic heterocycles. The lowest BCUT2D eigenvalue weighted by atomic mass is 9.98. The number of allylic oxidation sites excluding steroid dienone is 2. The minimum atomic E-state index is -0.644. The number of carbonyl (C=O) groups excluding carboxylic acids is 3. The van der Waals surface area contributed by atoms with Crippen molar-refractivity contribution >= 4 is 17.8 Å². The van der Waals surface area contributed by atoms with E-state index in [0.29, 0.717) is 25.7 Å². The molecule has 2 aromatic carbocycles. The molecule has 0 unspecified atom stereocenters. The number of unbranched alkanes of at least 4 members (excludes halogenated alkanes) is 2. The van der Waals surface area contributed by atoms with Gasteiger partial charge >= 0.3 is 5.97 Å².